The van der Waals surface area contributed by atoms with Crippen LogP contribution in [0.5, 0.6) is 0 Å². The van der Waals surface area contributed by atoms with Crippen molar-refractivity contribution in [2.24, 2.45) is 0 Å². The van der Waals surface area contributed by atoms with E-state index < -0.39 is 11.9 Å². The van der Waals surface area contributed by atoms with Gasteiger partial charge < -0.3 is 18.3 Å². The van der Waals surface area contributed by atoms with Gasteiger partial charge in [-0.05, 0) is 12.1 Å². The fourth-order valence-corrected chi connectivity index (χ4v) is 1.57. The van der Waals surface area contributed by atoms with Crippen molar-refractivity contribution >= 4 is 11.9 Å². The first-order chi connectivity index (χ1) is 9.60. The molecule has 0 radical (unpaired) electrons. The Morgan fingerprint density at radius 1 is 1.15 bits per heavy atom. The normalized spacial score (nSPS) is 10.3. The van der Waals surface area contributed by atoms with Crippen LogP contribution in [0.2, 0.25) is 0 Å². The Morgan fingerprint density at radius 2 is 1.85 bits per heavy atom. The number of carbonyl (C=O) groups is 2. The second-order valence-corrected chi connectivity index (χ2v) is 3.80. The van der Waals surface area contributed by atoms with Crippen LogP contribution in [0.4, 0.5) is 0 Å². The summed E-state index contributed by atoms with van der Waals surface area (Å²) in [6.07, 6.45) is 0.703. The molecule has 0 fully saturated rings. The second-order valence-electron chi connectivity index (χ2n) is 3.80. The minimum Gasteiger partial charge on any atom is -0.464 e. The number of furan rings is 1. The first kappa shape index (κ1) is 13.9. The van der Waals surface area contributed by atoms with E-state index in [1.165, 1.54) is 14.2 Å². The molecule has 0 spiro atoms. The van der Waals surface area contributed by atoms with E-state index in [9.17, 15) is 9.59 Å². The number of methoxy groups -OCH3 is 2. The van der Waals surface area contributed by atoms with Gasteiger partial charge in [-0.3, -0.25) is 0 Å². The zero-order chi connectivity index (χ0) is 14.7. The van der Waals surface area contributed by atoms with Crippen molar-refractivity contribution in [1.82, 2.24) is 4.98 Å². The molecule has 0 aliphatic carbocycles. The topological polar surface area (TPSA) is 91.8 Å². The minimum atomic E-state index is -0.813. The highest BCUT2D eigenvalue weighted by Gasteiger charge is 2.28. The number of hydrogen-bond donors (Lipinski definition) is 0. The first-order valence-electron chi connectivity index (χ1n) is 5.87. The van der Waals surface area contributed by atoms with Crippen molar-refractivity contribution in [1.29, 1.82) is 0 Å². The highest BCUT2D eigenvalue weighted by molar-refractivity contribution is 6.00. The van der Waals surface area contributed by atoms with Crippen LogP contribution in [0.25, 0.3) is 11.7 Å². The van der Waals surface area contributed by atoms with E-state index in [0.29, 0.717) is 12.2 Å². The van der Waals surface area contributed by atoms with E-state index >= 15 is 0 Å². The molecule has 2 heterocycles. The highest BCUT2D eigenvalue weighted by Crippen LogP contribution is 2.25. The predicted molar refractivity (Wildman–Crippen MR) is 66.3 cm³/mol. The number of ether oxygens (including phenoxy) is 2. The fraction of sp³-hybridized carbons (Fsp3) is 0.308. The van der Waals surface area contributed by atoms with Crippen molar-refractivity contribution in [2.75, 3.05) is 14.2 Å². The molecular weight excluding hydrogens is 266 g/mol. The van der Waals surface area contributed by atoms with Crippen LogP contribution in [-0.2, 0) is 15.9 Å². The molecular formula is C13H13NO6. The van der Waals surface area contributed by atoms with Crippen LogP contribution >= 0.6 is 0 Å². The van der Waals surface area contributed by atoms with Crippen LogP contribution in [0.1, 0.15) is 33.7 Å². The van der Waals surface area contributed by atoms with Crippen molar-refractivity contribution in [3.05, 3.63) is 29.3 Å². The summed E-state index contributed by atoms with van der Waals surface area (Å²) in [4.78, 5) is 27.1. The van der Waals surface area contributed by atoms with Gasteiger partial charge in [-0.2, -0.15) is 4.98 Å². The van der Waals surface area contributed by atoms with Crippen molar-refractivity contribution in [2.45, 2.75) is 13.3 Å². The average molecular weight is 279 g/mol. The molecule has 0 saturated carbocycles. The first-order valence-corrected chi connectivity index (χ1v) is 5.87. The van der Waals surface area contributed by atoms with Crippen LogP contribution in [0, 0.1) is 0 Å². The van der Waals surface area contributed by atoms with Crippen LogP contribution in [-0.4, -0.2) is 31.1 Å². The molecule has 0 unspecified atom stereocenters. The summed E-state index contributed by atoms with van der Waals surface area (Å²) in [5.74, 6) is -0.844. The molecule has 0 bridgehead atoms. The summed E-state index contributed by atoms with van der Waals surface area (Å²) in [5.41, 5.74) is -0.246. The van der Waals surface area contributed by atoms with E-state index in [1.807, 2.05) is 6.92 Å². The Hall–Kier alpha value is -2.57. The molecule has 0 saturated heterocycles. The number of oxazole rings is 1. The van der Waals surface area contributed by atoms with Crippen molar-refractivity contribution in [3.63, 3.8) is 0 Å². The molecule has 2 rings (SSSR count). The molecule has 0 aliphatic rings. The number of hydrogen-bond acceptors (Lipinski definition) is 7. The number of aryl methyl sites for hydroxylation is 1. The monoisotopic (exact) mass is 279 g/mol. The summed E-state index contributed by atoms with van der Waals surface area (Å²) in [6, 6.07) is 3.40. The largest absolute Gasteiger partial charge is 0.464 e. The van der Waals surface area contributed by atoms with Gasteiger partial charge in [0.25, 0.3) is 5.89 Å². The highest BCUT2D eigenvalue weighted by atomic mass is 16.5. The number of rotatable bonds is 4. The predicted octanol–water partition coefficient (Wildman–Crippen LogP) is 2.07. The minimum absolute atomic E-state index is 0.0190. The molecule has 0 aromatic carbocycles. The van der Waals surface area contributed by atoms with Gasteiger partial charge in [-0.15, -0.1) is 0 Å². The number of carbonyl (C=O) groups excluding carboxylic acids is 2. The van der Waals surface area contributed by atoms with E-state index in [1.54, 1.807) is 12.1 Å². The Morgan fingerprint density at radius 3 is 2.40 bits per heavy atom. The molecule has 20 heavy (non-hydrogen) atoms. The molecule has 2 aromatic rings. The molecule has 0 N–H and O–H groups in total. The van der Waals surface area contributed by atoms with Gasteiger partial charge >= 0.3 is 11.9 Å². The number of nitrogens with zero attached hydrogens (tertiary/aromatic N) is 1. The summed E-state index contributed by atoms with van der Waals surface area (Å²) in [5, 5.41) is 0. The van der Waals surface area contributed by atoms with Gasteiger partial charge in [-0.25, -0.2) is 9.59 Å². The van der Waals surface area contributed by atoms with Gasteiger partial charge in [0.05, 0.1) is 14.2 Å². The molecule has 2 aromatic heterocycles. The lowest BCUT2D eigenvalue weighted by Gasteiger charge is -1.96. The summed E-state index contributed by atoms with van der Waals surface area (Å²) < 4.78 is 19.8. The zero-order valence-corrected chi connectivity index (χ0v) is 11.3. The molecule has 106 valence electrons. The third-order valence-corrected chi connectivity index (χ3v) is 2.60. The summed E-state index contributed by atoms with van der Waals surface area (Å²) in [6.45, 7) is 1.93. The summed E-state index contributed by atoms with van der Waals surface area (Å²) in [7, 11) is 2.35. The van der Waals surface area contributed by atoms with E-state index in [2.05, 4.69) is 14.5 Å². The smallest absolute Gasteiger partial charge is 0.376 e. The van der Waals surface area contributed by atoms with Gasteiger partial charge in [0.1, 0.15) is 5.76 Å². The van der Waals surface area contributed by atoms with E-state index in [0.717, 1.165) is 5.76 Å². The van der Waals surface area contributed by atoms with Crippen LogP contribution in [0.15, 0.2) is 21.0 Å². The molecule has 7 nitrogen and oxygen atoms in total. The van der Waals surface area contributed by atoms with Gasteiger partial charge in [0.15, 0.2) is 5.76 Å². The van der Waals surface area contributed by atoms with Crippen molar-refractivity contribution < 1.29 is 27.9 Å². The Bertz CT molecular complexity index is 606. The quantitative estimate of drug-likeness (QED) is 0.791. The number of esters is 2. The maximum atomic E-state index is 11.6. The lowest BCUT2D eigenvalue weighted by Crippen LogP contribution is -2.10. The van der Waals surface area contributed by atoms with Crippen LogP contribution < -0.4 is 0 Å². The molecule has 0 amide bonds. The third-order valence-electron chi connectivity index (χ3n) is 2.60. The lowest BCUT2D eigenvalue weighted by molar-refractivity contribution is 0.0527. The maximum absolute atomic E-state index is 11.6. The SMILES string of the molecule is CCc1ccc(-c2nc(C(=O)OC)c(C(=O)OC)o2)o1. The zero-order valence-electron chi connectivity index (χ0n) is 11.3. The Kier molecular flexibility index (Phi) is 3.88. The number of aromatic nitrogens is 1. The Labute approximate surface area is 114 Å². The van der Waals surface area contributed by atoms with Gasteiger partial charge in [0.2, 0.25) is 11.5 Å². The average Bonchev–Trinajstić information content (AvgIpc) is 3.11. The Balaban J connectivity index is 2.47. The third kappa shape index (κ3) is 2.42. The fourth-order valence-electron chi connectivity index (χ4n) is 1.57. The van der Waals surface area contributed by atoms with Crippen molar-refractivity contribution in [3.8, 4) is 11.7 Å². The van der Waals surface area contributed by atoms with E-state index in [-0.39, 0.29) is 17.3 Å². The molecule has 7 heteroatoms. The maximum Gasteiger partial charge on any atom is 0.376 e. The van der Waals surface area contributed by atoms with Gasteiger partial charge in [-0.1, -0.05) is 6.92 Å². The molecule has 0 aliphatic heterocycles. The molecule has 0 atom stereocenters. The standard InChI is InChI=1S/C13H13NO6/c1-4-7-5-6-8(19-7)11-14-9(12(15)17-2)10(20-11)13(16)18-3/h5-6H,4H2,1-3H3. The van der Waals surface area contributed by atoms with Crippen LogP contribution in [0.3, 0.4) is 0 Å². The second kappa shape index (κ2) is 5.60. The lowest BCUT2D eigenvalue weighted by atomic mass is 10.3. The van der Waals surface area contributed by atoms with Gasteiger partial charge in [0, 0.05) is 6.42 Å². The summed E-state index contributed by atoms with van der Waals surface area (Å²) >= 11 is 0. The van der Waals surface area contributed by atoms with E-state index in [4.69, 9.17) is 8.83 Å².